The molecule has 3 aromatic rings. The number of anilines is 1. The number of benzene rings is 1. The number of carbonyl (C=O) groups is 1. The second kappa shape index (κ2) is 7.91. The zero-order chi connectivity index (χ0) is 20.5. The van der Waals surface area contributed by atoms with Gasteiger partial charge in [-0.05, 0) is 57.7 Å². The summed E-state index contributed by atoms with van der Waals surface area (Å²) >= 11 is 1.61. The van der Waals surface area contributed by atoms with Crippen molar-refractivity contribution < 1.29 is 4.79 Å². The van der Waals surface area contributed by atoms with Crippen molar-refractivity contribution in [2.45, 2.75) is 46.1 Å². The number of rotatable bonds is 5. The number of hydrogen-bond acceptors (Lipinski definition) is 5. The van der Waals surface area contributed by atoms with Crippen LogP contribution >= 0.6 is 11.3 Å². The van der Waals surface area contributed by atoms with E-state index in [4.69, 9.17) is 4.98 Å². The molecule has 7 heteroatoms. The van der Waals surface area contributed by atoms with E-state index in [9.17, 15) is 9.59 Å². The molecule has 0 radical (unpaired) electrons. The molecule has 1 amide bonds. The highest BCUT2D eigenvalue weighted by molar-refractivity contribution is 7.16. The lowest BCUT2D eigenvalue weighted by molar-refractivity contribution is 0.0989. The SMILES string of the molecule is C=CCN(C(=O)c1ccc2c(c1)nc(C)c(=O)n2CC)c1nc2c(s1)CCCC2. The zero-order valence-corrected chi connectivity index (χ0v) is 17.6. The third-order valence-electron chi connectivity index (χ3n) is 5.29. The Hall–Kier alpha value is -2.80. The summed E-state index contributed by atoms with van der Waals surface area (Å²) < 4.78 is 1.68. The van der Waals surface area contributed by atoms with Gasteiger partial charge in [0.15, 0.2) is 5.13 Å². The average molecular weight is 409 g/mol. The largest absolute Gasteiger partial charge is 0.305 e. The van der Waals surface area contributed by atoms with Crippen molar-refractivity contribution in [3.05, 3.63) is 63.0 Å². The third kappa shape index (κ3) is 3.51. The fraction of sp³-hybridized carbons (Fsp3) is 0.364. The molecular weight excluding hydrogens is 384 g/mol. The number of amides is 1. The lowest BCUT2D eigenvalue weighted by atomic mass is 10.0. The molecular formula is C22H24N4O2S. The minimum atomic E-state index is -0.133. The van der Waals surface area contributed by atoms with E-state index in [1.165, 1.54) is 11.3 Å². The number of carbonyl (C=O) groups excluding carboxylic acids is 1. The first kappa shape index (κ1) is 19.5. The van der Waals surface area contributed by atoms with Crippen molar-refractivity contribution >= 4 is 33.4 Å². The Kier molecular flexibility index (Phi) is 5.32. The maximum Gasteiger partial charge on any atom is 0.272 e. The summed E-state index contributed by atoms with van der Waals surface area (Å²) in [4.78, 5) is 37.8. The Morgan fingerprint density at radius 3 is 2.83 bits per heavy atom. The van der Waals surface area contributed by atoms with Crippen molar-refractivity contribution in [1.29, 1.82) is 0 Å². The Morgan fingerprint density at radius 1 is 1.31 bits per heavy atom. The van der Waals surface area contributed by atoms with Gasteiger partial charge in [0.1, 0.15) is 5.69 Å². The monoisotopic (exact) mass is 408 g/mol. The van der Waals surface area contributed by atoms with E-state index in [1.807, 2.05) is 6.92 Å². The smallest absolute Gasteiger partial charge is 0.272 e. The van der Waals surface area contributed by atoms with Crippen LogP contribution in [0.25, 0.3) is 11.0 Å². The summed E-state index contributed by atoms with van der Waals surface area (Å²) in [5, 5.41) is 0.726. The molecule has 150 valence electrons. The molecule has 0 spiro atoms. The molecule has 2 heterocycles. The van der Waals surface area contributed by atoms with Gasteiger partial charge in [-0.1, -0.05) is 6.08 Å². The highest BCUT2D eigenvalue weighted by atomic mass is 32.1. The van der Waals surface area contributed by atoms with Crippen LogP contribution in [0.5, 0.6) is 0 Å². The maximum absolute atomic E-state index is 13.3. The van der Waals surface area contributed by atoms with Gasteiger partial charge in [-0.2, -0.15) is 0 Å². The minimum Gasteiger partial charge on any atom is -0.305 e. The van der Waals surface area contributed by atoms with E-state index in [2.05, 4.69) is 11.6 Å². The maximum atomic E-state index is 13.3. The third-order valence-corrected chi connectivity index (χ3v) is 6.47. The predicted molar refractivity (Wildman–Crippen MR) is 117 cm³/mol. The molecule has 0 N–H and O–H groups in total. The molecule has 2 aromatic heterocycles. The number of nitrogens with zero attached hydrogens (tertiary/aromatic N) is 4. The summed E-state index contributed by atoms with van der Waals surface area (Å²) in [7, 11) is 0. The topological polar surface area (TPSA) is 68.1 Å². The van der Waals surface area contributed by atoms with Gasteiger partial charge in [0.25, 0.3) is 11.5 Å². The van der Waals surface area contributed by atoms with Crippen LogP contribution in [0.15, 0.2) is 35.6 Å². The van der Waals surface area contributed by atoms with Gasteiger partial charge in [-0.15, -0.1) is 17.9 Å². The number of aromatic nitrogens is 3. The summed E-state index contributed by atoms with van der Waals surface area (Å²) in [6, 6.07) is 5.33. The van der Waals surface area contributed by atoms with Gasteiger partial charge in [0.2, 0.25) is 0 Å². The van der Waals surface area contributed by atoms with Crippen LogP contribution in [-0.4, -0.2) is 27.0 Å². The second-order valence-electron chi connectivity index (χ2n) is 7.23. The highest BCUT2D eigenvalue weighted by Gasteiger charge is 2.24. The molecule has 29 heavy (non-hydrogen) atoms. The molecule has 0 bridgehead atoms. The van der Waals surface area contributed by atoms with Gasteiger partial charge >= 0.3 is 0 Å². The zero-order valence-electron chi connectivity index (χ0n) is 16.8. The molecule has 4 rings (SSSR count). The molecule has 0 aliphatic heterocycles. The van der Waals surface area contributed by atoms with Crippen molar-refractivity contribution in [2.75, 3.05) is 11.4 Å². The summed E-state index contributed by atoms with van der Waals surface area (Å²) in [5.41, 5.74) is 3.37. The molecule has 0 saturated heterocycles. The van der Waals surface area contributed by atoms with Crippen LogP contribution < -0.4 is 10.5 Å². The normalized spacial score (nSPS) is 13.3. The molecule has 0 atom stereocenters. The van der Waals surface area contributed by atoms with E-state index in [0.717, 1.165) is 35.6 Å². The lowest BCUT2D eigenvalue weighted by Gasteiger charge is -2.18. The Bertz CT molecular complexity index is 1140. The summed E-state index contributed by atoms with van der Waals surface area (Å²) in [6.45, 7) is 8.39. The van der Waals surface area contributed by atoms with Crippen molar-refractivity contribution in [3.63, 3.8) is 0 Å². The van der Waals surface area contributed by atoms with E-state index >= 15 is 0 Å². The molecule has 1 aliphatic rings. The molecule has 6 nitrogen and oxygen atoms in total. The predicted octanol–water partition coefficient (Wildman–Crippen LogP) is 3.89. The average Bonchev–Trinajstić information content (AvgIpc) is 3.16. The van der Waals surface area contributed by atoms with E-state index in [0.29, 0.717) is 29.9 Å². The van der Waals surface area contributed by atoms with Crippen LogP contribution in [0.4, 0.5) is 5.13 Å². The minimum absolute atomic E-state index is 0.0965. The number of thiazole rings is 1. The van der Waals surface area contributed by atoms with Gasteiger partial charge in [-0.25, -0.2) is 9.97 Å². The van der Waals surface area contributed by atoms with Crippen LogP contribution in [0, 0.1) is 6.92 Å². The van der Waals surface area contributed by atoms with Crippen molar-refractivity contribution in [1.82, 2.24) is 14.5 Å². The quantitative estimate of drug-likeness (QED) is 0.601. The van der Waals surface area contributed by atoms with Crippen LogP contribution in [-0.2, 0) is 19.4 Å². The fourth-order valence-corrected chi connectivity index (χ4v) is 4.96. The fourth-order valence-electron chi connectivity index (χ4n) is 3.81. The van der Waals surface area contributed by atoms with E-state index in [-0.39, 0.29) is 11.5 Å². The first-order valence-corrected chi connectivity index (χ1v) is 10.8. The van der Waals surface area contributed by atoms with Gasteiger partial charge in [0.05, 0.1) is 16.7 Å². The first-order chi connectivity index (χ1) is 14.0. The molecule has 0 fully saturated rings. The summed E-state index contributed by atoms with van der Waals surface area (Å²) in [5.74, 6) is -0.133. The molecule has 0 unspecified atom stereocenters. The van der Waals surface area contributed by atoms with Crippen LogP contribution in [0.2, 0.25) is 0 Å². The number of hydrogen-bond donors (Lipinski definition) is 0. The van der Waals surface area contributed by atoms with Gasteiger partial charge in [-0.3, -0.25) is 14.5 Å². The number of fused-ring (bicyclic) bond motifs is 2. The molecule has 1 aromatic carbocycles. The van der Waals surface area contributed by atoms with Crippen LogP contribution in [0.1, 0.15) is 46.4 Å². The van der Waals surface area contributed by atoms with Crippen molar-refractivity contribution in [2.24, 2.45) is 0 Å². The van der Waals surface area contributed by atoms with Gasteiger partial charge < -0.3 is 4.57 Å². The molecule has 1 aliphatic carbocycles. The van der Waals surface area contributed by atoms with Gasteiger partial charge in [0, 0.05) is 23.5 Å². The van der Waals surface area contributed by atoms with E-state index < -0.39 is 0 Å². The number of aryl methyl sites for hydroxylation is 4. The highest BCUT2D eigenvalue weighted by Crippen LogP contribution is 2.32. The first-order valence-electron chi connectivity index (χ1n) is 9.96. The second-order valence-corrected chi connectivity index (χ2v) is 8.29. The Balaban J connectivity index is 1.75. The summed E-state index contributed by atoms with van der Waals surface area (Å²) in [6.07, 6.45) is 6.07. The molecule has 0 saturated carbocycles. The van der Waals surface area contributed by atoms with E-state index in [1.54, 1.807) is 52.0 Å². The standard InChI is InChI=1S/C22H24N4O2S/c1-4-12-26(22-24-16-8-6-7-9-19(16)29-22)21(28)15-10-11-18-17(13-15)23-14(3)20(27)25(18)5-2/h4,10-11,13H,1,5-9,12H2,2-3H3. The van der Waals surface area contributed by atoms with Crippen molar-refractivity contribution in [3.8, 4) is 0 Å². The Morgan fingerprint density at radius 2 is 2.10 bits per heavy atom. The van der Waals surface area contributed by atoms with Crippen LogP contribution in [0.3, 0.4) is 0 Å². The Labute approximate surface area is 173 Å². The lowest BCUT2D eigenvalue weighted by Crippen LogP contribution is -2.31.